The Balaban J connectivity index is 2.30. The molecule has 2 nitrogen and oxygen atoms in total. The van der Waals surface area contributed by atoms with Crippen LogP contribution >= 0.6 is 0 Å². The molecule has 0 radical (unpaired) electrons. The first kappa shape index (κ1) is 10.5. The van der Waals surface area contributed by atoms with Crippen LogP contribution in [0.3, 0.4) is 0 Å². The minimum atomic E-state index is 0.722. The molecule has 0 spiro atoms. The Morgan fingerprint density at radius 3 is 2.73 bits per heavy atom. The van der Waals surface area contributed by atoms with Crippen LogP contribution in [0, 0.1) is 12.8 Å². The maximum absolute atomic E-state index is 5.62. The third kappa shape index (κ3) is 1.86. The molecule has 2 rings (SSSR count). The number of ether oxygens (including phenoxy) is 1. The fourth-order valence-electron chi connectivity index (χ4n) is 2.58. The monoisotopic (exact) mass is 205 g/mol. The molecule has 0 amide bonds. The molecule has 1 aliphatic carbocycles. The van der Waals surface area contributed by atoms with Gasteiger partial charge < -0.3 is 10.5 Å². The molecular weight excluding hydrogens is 186 g/mol. The topological polar surface area (TPSA) is 35.2 Å². The molecule has 2 heteroatoms. The van der Waals surface area contributed by atoms with Crippen molar-refractivity contribution in [1.29, 1.82) is 0 Å². The molecule has 1 aromatic rings. The van der Waals surface area contributed by atoms with E-state index in [1.54, 1.807) is 7.11 Å². The highest BCUT2D eigenvalue weighted by molar-refractivity contribution is 5.47. The summed E-state index contributed by atoms with van der Waals surface area (Å²) in [5, 5.41) is 0. The molecule has 0 heterocycles. The highest BCUT2D eigenvalue weighted by atomic mass is 16.5. The van der Waals surface area contributed by atoms with Gasteiger partial charge in [-0.15, -0.1) is 0 Å². The van der Waals surface area contributed by atoms with Crippen molar-refractivity contribution in [3.8, 4) is 5.75 Å². The van der Waals surface area contributed by atoms with Crippen LogP contribution in [0.2, 0.25) is 0 Å². The summed E-state index contributed by atoms with van der Waals surface area (Å²) >= 11 is 0. The van der Waals surface area contributed by atoms with Crippen molar-refractivity contribution in [3.05, 3.63) is 28.8 Å². The van der Waals surface area contributed by atoms with Crippen molar-refractivity contribution in [1.82, 2.24) is 0 Å². The van der Waals surface area contributed by atoms with Crippen molar-refractivity contribution in [2.24, 2.45) is 11.7 Å². The van der Waals surface area contributed by atoms with E-state index in [1.165, 1.54) is 23.1 Å². The van der Waals surface area contributed by atoms with E-state index in [0.29, 0.717) is 0 Å². The number of hydrogen-bond acceptors (Lipinski definition) is 2. The zero-order chi connectivity index (χ0) is 10.8. The van der Waals surface area contributed by atoms with Crippen LogP contribution in [0.5, 0.6) is 5.75 Å². The zero-order valence-electron chi connectivity index (χ0n) is 9.55. The van der Waals surface area contributed by atoms with Gasteiger partial charge in [-0.25, -0.2) is 0 Å². The van der Waals surface area contributed by atoms with Gasteiger partial charge in [0.2, 0.25) is 0 Å². The summed E-state index contributed by atoms with van der Waals surface area (Å²) in [6, 6.07) is 4.24. The summed E-state index contributed by atoms with van der Waals surface area (Å²) in [6.45, 7) is 2.98. The third-order valence-corrected chi connectivity index (χ3v) is 3.40. The van der Waals surface area contributed by atoms with E-state index < -0.39 is 0 Å². The Morgan fingerprint density at radius 1 is 1.33 bits per heavy atom. The lowest BCUT2D eigenvalue weighted by molar-refractivity contribution is 0.407. The second-order valence-electron chi connectivity index (χ2n) is 4.39. The molecule has 82 valence electrons. The van der Waals surface area contributed by atoms with E-state index in [4.69, 9.17) is 10.5 Å². The van der Waals surface area contributed by atoms with Crippen molar-refractivity contribution >= 4 is 0 Å². The quantitative estimate of drug-likeness (QED) is 0.820. The first-order chi connectivity index (χ1) is 7.26. The lowest BCUT2D eigenvalue weighted by atomic mass is 10.0. The lowest BCUT2D eigenvalue weighted by Gasteiger charge is -2.08. The average Bonchev–Trinajstić information content (AvgIpc) is 2.64. The Hall–Kier alpha value is -1.02. The van der Waals surface area contributed by atoms with Crippen LogP contribution in [0.4, 0.5) is 0 Å². The molecule has 15 heavy (non-hydrogen) atoms. The minimum Gasteiger partial charge on any atom is -0.496 e. The Morgan fingerprint density at radius 2 is 2.07 bits per heavy atom. The maximum Gasteiger partial charge on any atom is 0.122 e. The molecule has 1 atom stereocenters. The predicted octanol–water partition coefficient (Wildman–Crippen LogP) is 2.07. The van der Waals surface area contributed by atoms with E-state index in [2.05, 4.69) is 19.1 Å². The summed E-state index contributed by atoms with van der Waals surface area (Å²) in [5.74, 6) is 1.77. The van der Waals surface area contributed by atoms with Crippen LogP contribution in [-0.4, -0.2) is 13.7 Å². The molecule has 2 N–H and O–H groups in total. The number of benzene rings is 1. The zero-order valence-corrected chi connectivity index (χ0v) is 9.55. The van der Waals surface area contributed by atoms with Crippen LogP contribution in [-0.2, 0) is 12.8 Å². The van der Waals surface area contributed by atoms with E-state index in [1.807, 2.05) is 0 Å². The second kappa shape index (κ2) is 4.23. The van der Waals surface area contributed by atoms with Crippen LogP contribution in [0.1, 0.15) is 23.1 Å². The highest BCUT2D eigenvalue weighted by Crippen LogP contribution is 2.36. The number of fused-ring (bicyclic) bond motifs is 1. The number of aryl methyl sites for hydroxylation is 1. The number of methoxy groups -OCH3 is 1. The van der Waals surface area contributed by atoms with Crippen molar-refractivity contribution in [3.63, 3.8) is 0 Å². The Kier molecular flexibility index (Phi) is 2.96. The molecule has 1 aliphatic rings. The Bertz CT molecular complexity index is 360. The summed E-state index contributed by atoms with van der Waals surface area (Å²) in [5.41, 5.74) is 9.92. The van der Waals surface area contributed by atoms with E-state index in [0.717, 1.165) is 31.1 Å². The highest BCUT2D eigenvalue weighted by Gasteiger charge is 2.25. The predicted molar refractivity (Wildman–Crippen MR) is 62.3 cm³/mol. The molecular formula is C13H19NO. The summed E-state index contributed by atoms with van der Waals surface area (Å²) in [6.07, 6.45) is 3.43. The fourth-order valence-corrected chi connectivity index (χ4v) is 2.58. The molecule has 1 unspecified atom stereocenters. The van der Waals surface area contributed by atoms with Crippen molar-refractivity contribution in [2.45, 2.75) is 26.2 Å². The first-order valence-corrected chi connectivity index (χ1v) is 5.61. The lowest BCUT2D eigenvalue weighted by Crippen LogP contribution is -2.08. The van der Waals surface area contributed by atoms with Crippen molar-refractivity contribution in [2.75, 3.05) is 13.7 Å². The van der Waals surface area contributed by atoms with E-state index in [-0.39, 0.29) is 0 Å². The summed E-state index contributed by atoms with van der Waals surface area (Å²) in [4.78, 5) is 0. The van der Waals surface area contributed by atoms with Crippen LogP contribution in [0.15, 0.2) is 12.1 Å². The second-order valence-corrected chi connectivity index (χ2v) is 4.39. The fraction of sp³-hybridized carbons (Fsp3) is 0.538. The molecule has 0 aliphatic heterocycles. The molecule has 1 aromatic carbocycles. The van der Waals surface area contributed by atoms with Crippen molar-refractivity contribution < 1.29 is 4.74 Å². The molecule has 0 saturated heterocycles. The number of hydrogen-bond donors (Lipinski definition) is 1. The standard InChI is InChI=1S/C13H19NO/c1-9-3-4-13(15-2)12-8-10(5-6-14)7-11(9)12/h3-4,10H,5-8,14H2,1-2H3. The Labute approximate surface area is 91.4 Å². The smallest absolute Gasteiger partial charge is 0.122 e. The van der Waals surface area contributed by atoms with Gasteiger partial charge in [0.15, 0.2) is 0 Å². The van der Waals surface area contributed by atoms with Gasteiger partial charge >= 0.3 is 0 Å². The van der Waals surface area contributed by atoms with Gasteiger partial charge in [0.25, 0.3) is 0 Å². The van der Waals surface area contributed by atoms with E-state index >= 15 is 0 Å². The summed E-state index contributed by atoms with van der Waals surface area (Å²) in [7, 11) is 1.75. The van der Waals surface area contributed by atoms with Gasteiger partial charge in [0.05, 0.1) is 7.11 Å². The SMILES string of the molecule is COc1ccc(C)c2c1CC(CCN)C2. The number of nitrogens with two attached hydrogens (primary N) is 1. The summed E-state index contributed by atoms with van der Waals surface area (Å²) < 4.78 is 5.41. The third-order valence-electron chi connectivity index (χ3n) is 3.40. The average molecular weight is 205 g/mol. The normalized spacial score (nSPS) is 19.0. The van der Waals surface area contributed by atoms with Gasteiger partial charge in [-0.1, -0.05) is 6.07 Å². The maximum atomic E-state index is 5.62. The van der Waals surface area contributed by atoms with Crippen LogP contribution in [0.25, 0.3) is 0 Å². The van der Waals surface area contributed by atoms with Gasteiger partial charge in [0, 0.05) is 0 Å². The molecule has 0 bridgehead atoms. The minimum absolute atomic E-state index is 0.722. The van der Waals surface area contributed by atoms with E-state index in [9.17, 15) is 0 Å². The van der Waals surface area contributed by atoms with Gasteiger partial charge in [-0.2, -0.15) is 0 Å². The van der Waals surface area contributed by atoms with Gasteiger partial charge in [-0.05, 0) is 61.4 Å². The number of rotatable bonds is 3. The molecule has 0 saturated carbocycles. The largest absolute Gasteiger partial charge is 0.496 e. The van der Waals surface area contributed by atoms with Crippen LogP contribution < -0.4 is 10.5 Å². The molecule has 0 aromatic heterocycles. The van der Waals surface area contributed by atoms with Gasteiger partial charge in [0.1, 0.15) is 5.75 Å². The molecule has 0 fully saturated rings. The first-order valence-electron chi connectivity index (χ1n) is 5.61. The van der Waals surface area contributed by atoms with Gasteiger partial charge in [-0.3, -0.25) is 0 Å².